The van der Waals surface area contributed by atoms with Gasteiger partial charge >= 0.3 is 0 Å². The molecule has 0 heterocycles. The van der Waals surface area contributed by atoms with E-state index in [0.717, 1.165) is 19.3 Å². The number of Topliss-reactive ketones (excluding diaryl/α,β-unsaturated/α-hetero) is 1. The molecular weight excluding hydrogens is 238 g/mol. The lowest BCUT2D eigenvalue weighted by atomic mass is 10.0. The van der Waals surface area contributed by atoms with Gasteiger partial charge < -0.3 is 4.74 Å². The fourth-order valence-electron chi connectivity index (χ4n) is 2.23. The first-order valence-electron chi connectivity index (χ1n) is 6.17. The van der Waals surface area contributed by atoms with Crippen molar-refractivity contribution in [3.8, 4) is 0 Å². The van der Waals surface area contributed by atoms with Gasteiger partial charge in [-0.2, -0.15) is 0 Å². The number of alkyl halides is 2. The van der Waals surface area contributed by atoms with Crippen molar-refractivity contribution in [2.24, 2.45) is 0 Å². The first-order valence-corrected chi connectivity index (χ1v) is 6.17. The summed E-state index contributed by atoms with van der Waals surface area (Å²) in [4.78, 5) is 11.8. The number of carbonyl (C=O) groups excluding carboxylic acids is 1. The minimum atomic E-state index is -2.47. The SMILES string of the molecule is O=C(CCOCC(F)F)c1ccc2c(c1)CCC2. The van der Waals surface area contributed by atoms with Gasteiger partial charge in [0.05, 0.1) is 6.61 Å². The van der Waals surface area contributed by atoms with Gasteiger partial charge in [-0.3, -0.25) is 4.79 Å². The van der Waals surface area contributed by atoms with Crippen LogP contribution in [0.5, 0.6) is 0 Å². The van der Waals surface area contributed by atoms with Gasteiger partial charge in [0.15, 0.2) is 5.78 Å². The summed E-state index contributed by atoms with van der Waals surface area (Å²) >= 11 is 0. The fraction of sp³-hybridized carbons (Fsp3) is 0.500. The molecule has 0 N–H and O–H groups in total. The standard InChI is InChI=1S/C14H16F2O2/c15-14(16)9-18-7-6-13(17)12-5-4-10-2-1-3-11(10)8-12/h4-5,8,14H,1-3,6-7,9H2. The van der Waals surface area contributed by atoms with Gasteiger partial charge in [-0.25, -0.2) is 8.78 Å². The topological polar surface area (TPSA) is 26.3 Å². The van der Waals surface area contributed by atoms with E-state index in [4.69, 9.17) is 4.74 Å². The zero-order valence-corrected chi connectivity index (χ0v) is 10.1. The van der Waals surface area contributed by atoms with E-state index in [-0.39, 0.29) is 18.8 Å². The number of hydrogen-bond acceptors (Lipinski definition) is 2. The highest BCUT2D eigenvalue weighted by molar-refractivity contribution is 5.96. The number of halogens is 2. The Hall–Kier alpha value is -1.29. The number of rotatable bonds is 6. The third-order valence-electron chi connectivity index (χ3n) is 3.14. The fourth-order valence-corrected chi connectivity index (χ4v) is 2.23. The van der Waals surface area contributed by atoms with Crippen molar-refractivity contribution in [2.75, 3.05) is 13.2 Å². The van der Waals surface area contributed by atoms with Gasteiger partial charge in [-0.1, -0.05) is 12.1 Å². The number of ketones is 1. The van der Waals surface area contributed by atoms with Crippen LogP contribution >= 0.6 is 0 Å². The highest BCUT2D eigenvalue weighted by atomic mass is 19.3. The van der Waals surface area contributed by atoms with Gasteiger partial charge in [0, 0.05) is 12.0 Å². The molecule has 0 aromatic heterocycles. The Morgan fingerprint density at radius 1 is 1.28 bits per heavy atom. The molecule has 1 aliphatic carbocycles. The average Bonchev–Trinajstić information content (AvgIpc) is 2.81. The zero-order valence-electron chi connectivity index (χ0n) is 10.1. The molecule has 0 spiro atoms. The van der Waals surface area contributed by atoms with E-state index in [1.165, 1.54) is 11.1 Å². The van der Waals surface area contributed by atoms with Crippen LogP contribution in [0, 0.1) is 0 Å². The molecule has 0 radical (unpaired) electrons. The van der Waals surface area contributed by atoms with Gasteiger partial charge in [0.25, 0.3) is 6.43 Å². The third kappa shape index (κ3) is 3.35. The largest absolute Gasteiger partial charge is 0.375 e. The van der Waals surface area contributed by atoms with E-state index in [2.05, 4.69) is 0 Å². The molecule has 0 saturated carbocycles. The Balaban J connectivity index is 1.85. The molecule has 1 aromatic rings. The van der Waals surface area contributed by atoms with E-state index in [9.17, 15) is 13.6 Å². The summed E-state index contributed by atoms with van der Waals surface area (Å²) in [7, 11) is 0. The molecule has 18 heavy (non-hydrogen) atoms. The zero-order chi connectivity index (χ0) is 13.0. The number of hydrogen-bond donors (Lipinski definition) is 0. The molecule has 0 fully saturated rings. The summed E-state index contributed by atoms with van der Waals surface area (Å²) in [5.74, 6) is -0.0426. The molecule has 0 bridgehead atoms. The number of ether oxygens (including phenoxy) is 1. The number of aryl methyl sites for hydroxylation is 2. The second kappa shape index (κ2) is 6.05. The lowest BCUT2D eigenvalue weighted by molar-refractivity contribution is 0.0170. The summed E-state index contributed by atoms with van der Waals surface area (Å²) in [6, 6.07) is 5.74. The highest BCUT2D eigenvalue weighted by Crippen LogP contribution is 2.23. The Bertz CT molecular complexity index is 430. The highest BCUT2D eigenvalue weighted by Gasteiger charge is 2.14. The van der Waals surface area contributed by atoms with Gasteiger partial charge in [-0.05, 0) is 36.5 Å². The smallest absolute Gasteiger partial charge is 0.261 e. The molecule has 2 nitrogen and oxygen atoms in total. The van der Waals surface area contributed by atoms with Crippen molar-refractivity contribution >= 4 is 5.78 Å². The van der Waals surface area contributed by atoms with E-state index < -0.39 is 13.0 Å². The molecule has 98 valence electrons. The van der Waals surface area contributed by atoms with Crippen LogP contribution < -0.4 is 0 Å². The lowest BCUT2D eigenvalue weighted by Gasteiger charge is -2.05. The predicted molar refractivity (Wildman–Crippen MR) is 64.2 cm³/mol. The van der Waals surface area contributed by atoms with Crippen LogP contribution in [0.15, 0.2) is 18.2 Å². The second-order valence-electron chi connectivity index (χ2n) is 4.48. The first kappa shape index (κ1) is 13.1. The molecule has 0 aliphatic heterocycles. The van der Waals surface area contributed by atoms with Crippen LogP contribution in [0.1, 0.15) is 34.3 Å². The molecule has 0 saturated heterocycles. The van der Waals surface area contributed by atoms with Crippen molar-refractivity contribution in [3.63, 3.8) is 0 Å². The summed E-state index contributed by atoms with van der Waals surface area (Å²) in [6.45, 7) is -0.544. The maximum atomic E-state index is 11.8. The maximum absolute atomic E-state index is 11.8. The predicted octanol–water partition coefficient (Wildman–Crippen LogP) is 3.03. The van der Waals surface area contributed by atoms with Crippen molar-refractivity contribution < 1.29 is 18.3 Å². The van der Waals surface area contributed by atoms with Crippen LogP contribution in [-0.4, -0.2) is 25.4 Å². The minimum absolute atomic E-state index is 0.0426. The molecule has 4 heteroatoms. The molecule has 1 aromatic carbocycles. The van der Waals surface area contributed by atoms with Crippen molar-refractivity contribution in [3.05, 3.63) is 34.9 Å². The Kier molecular flexibility index (Phi) is 4.42. The third-order valence-corrected chi connectivity index (χ3v) is 3.14. The van der Waals surface area contributed by atoms with E-state index in [0.29, 0.717) is 5.56 Å². The van der Waals surface area contributed by atoms with Crippen molar-refractivity contribution in [1.82, 2.24) is 0 Å². The summed E-state index contributed by atoms with van der Waals surface area (Å²) in [5, 5.41) is 0. The number of carbonyl (C=O) groups is 1. The summed E-state index contributed by atoms with van der Waals surface area (Å²) in [6.07, 6.45) is 0.940. The van der Waals surface area contributed by atoms with E-state index in [1.807, 2.05) is 18.2 Å². The number of fused-ring (bicyclic) bond motifs is 1. The number of benzene rings is 1. The quantitative estimate of drug-likeness (QED) is 0.576. The molecule has 0 atom stereocenters. The summed E-state index contributed by atoms with van der Waals surface area (Å²) < 4.78 is 28.4. The lowest BCUT2D eigenvalue weighted by Crippen LogP contribution is -2.09. The van der Waals surface area contributed by atoms with Crippen LogP contribution in [-0.2, 0) is 17.6 Å². The van der Waals surface area contributed by atoms with Crippen LogP contribution in [0.4, 0.5) is 8.78 Å². The van der Waals surface area contributed by atoms with Crippen LogP contribution in [0.3, 0.4) is 0 Å². The van der Waals surface area contributed by atoms with Crippen molar-refractivity contribution in [1.29, 1.82) is 0 Å². The normalized spacial score (nSPS) is 13.9. The molecule has 2 rings (SSSR count). The van der Waals surface area contributed by atoms with E-state index >= 15 is 0 Å². The Morgan fingerprint density at radius 3 is 2.83 bits per heavy atom. The molecule has 0 unspecified atom stereocenters. The molecular formula is C14H16F2O2. The average molecular weight is 254 g/mol. The van der Waals surface area contributed by atoms with Gasteiger partial charge in [0.2, 0.25) is 0 Å². The Morgan fingerprint density at radius 2 is 2.06 bits per heavy atom. The van der Waals surface area contributed by atoms with E-state index in [1.54, 1.807) is 0 Å². The monoisotopic (exact) mass is 254 g/mol. The second-order valence-corrected chi connectivity index (χ2v) is 4.48. The molecule has 1 aliphatic rings. The summed E-state index contributed by atoms with van der Waals surface area (Å²) in [5.41, 5.74) is 3.23. The van der Waals surface area contributed by atoms with Crippen LogP contribution in [0.25, 0.3) is 0 Å². The Labute approximate surface area is 105 Å². The van der Waals surface area contributed by atoms with Crippen LogP contribution in [0.2, 0.25) is 0 Å². The van der Waals surface area contributed by atoms with Gasteiger partial charge in [-0.15, -0.1) is 0 Å². The maximum Gasteiger partial charge on any atom is 0.261 e. The molecule has 0 amide bonds. The first-order chi connectivity index (χ1) is 8.66. The van der Waals surface area contributed by atoms with Gasteiger partial charge in [0.1, 0.15) is 6.61 Å². The van der Waals surface area contributed by atoms with Crippen molar-refractivity contribution in [2.45, 2.75) is 32.1 Å². The minimum Gasteiger partial charge on any atom is -0.375 e.